The zero-order valence-corrected chi connectivity index (χ0v) is 4.68. The van der Waals surface area contributed by atoms with Gasteiger partial charge in [-0.05, 0) is 14.1 Å². The SMILES string of the molecule is C#CC(N)N(C)C. The highest BCUT2D eigenvalue weighted by Crippen LogP contribution is 1.75. The molecule has 0 spiro atoms. The van der Waals surface area contributed by atoms with Gasteiger partial charge in [0.1, 0.15) is 6.17 Å². The molecule has 0 saturated heterocycles. The van der Waals surface area contributed by atoms with Gasteiger partial charge in [-0.15, -0.1) is 6.42 Å². The molecule has 1 unspecified atom stereocenters. The third-order valence-electron chi connectivity index (χ3n) is 0.727. The number of nitrogens with zero attached hydrogens (tertiary/aromatic N) is 1. The van der Waals surface area contributed by atoms with Crippen molar-refractivity contribution < 1.29 is 0 Å². The molecule has 0 aliphatic carbocycles. The molecule has 1 atom stereocenters. The third-order valence-corrected chi connectivity index (χ3v) is 0.727. The van der Waals surface area contributed by atoms with E-state index >= 15 is 0 Å². The van der Waals surface area contributed by atoms with Gasteiger partial charge in [0, 0.05) is 0 Å². The maximum absolute atomic E-state index is 5.31. The fraction of sp³-hybridized carbons (Fsp3) is 0.600. The van der Waals surface area contributed by atoms with Crippen molar-refractivity contribution in [1.29, 1.82) is 0 Å². The van der Waals surface area contributed by atoms with Crippen LogP contribution in [0.4, 0.5) is 0 Å². The van der Waals surface area contributed by atoms with E-state index in [0.717, 1.165) is 0 Å². The van der Waals surface area contributed by atoms with E-state index < -0.39 is 0 Å². The topological polar surface area (TPSA) is 29.3 Å². The molecule has 0 aromatic rings. The summed E-state index contributed by atoms with van der Waals surface area (Å²) in [5, 5.41) is 0. The van der Waals surface area contributed by atoms with Gasteiger partial charge in [-0.25, -0.2) is 0 Å². The van der Waals surface area contributed by atoms with E-state index in [0.29, 0.717) is 0 Å². The molecule has 0 fully saturated rings. The summed E-state index contributed by atoms with van der Waals surface area (Å²) in [6, 6.07) is 0. The van der Waals surface area contributed by atoms with Gasteiger partial charge >= 0.3 is 0 Å². The molecule has 0 heterocycles. The zero-order valence-electron chi connectivity index (χ0n) is 4.68. The van der Waals surface area contributed by atoms with Crippen LogP contribution in [0.25, 0.3) is 0 Å². The number of hydrogen-bond donors (Lipinski definition) is 1. The monoisotopic (exact) mass is 98.1 g/mol. The lowest BCUT2D eigenvalue weighted by Crippen LogP contribution is -2.34. The van der Waals surface area contributed by atoms with Gasteiger partial charge < -0.3 is 5.73 Å². The lowest BCUT2D eigenvalue weighted by Gasteiger charge is -2.11. The lowest BCUT2D eigenvalue weighted by molar-refractivity contribution is 0.361. The van der Waals surface area contributed by atoms with E-state index in [1.807, 2.05) is 14.1 Å². The minimum atomic E-state index is -0.236. The van der Waals surface area contributed by atoms with Crippen LogP contribution in [0.15, 0.2) is 0 Å². The van der Waals surface area contributed by atoms with Crippen molar-refractivity contribution in [2.45, 2.75) is 6.17 Å². The first-order chi connectivity index (χ1) is 3.18. The fourth-order valence-electron chi connectivity index (χ4n) is 0.149. The molecule has 0 rings (SSSR count). The summed E-state index contributed by atoms with van der Waals surface area (Å²) in [4.78, 5) is 1.76. The molecule has 0 aromatic carbocycles. The Hall–Kier alpha value is -0.520. The Labute approximate surface area is 44.3 Å². The van der Waals surface area contributed by atoms with Crippen LogP contribution < -0.4 is 5.73 Å². The first kappa shape index (κ1) is 6.48. The summed E-state index contributed by atoms with van der Waals surface area (Å²) in [6.07, 6.45) is 4.72. The van der Waals surface area contributed by atoms with Gasteiger partial charge in [-0.3, -0.25) is 4.90 Å². The Morgan fingerprint density at radius 1 is 1.71 bits per heavy atom. The maximum atomic E-state index is 5.31. The predicted octanol–water partition coefficient (Wildman–Crippen LogP) is -0.534. The Kier molecular flexibility index (Phi) is 2.42. The van der Waals surface area contributed by atoms with Gasteiger partial charge in [-0.2, -0.15) is 0 Å². The van der Waals surface area contributed by atoms with Gasteiger partial charge in [-0.1, -0.05) is 5.92 Å². The molecule has 0 aliphatic rings. The average Bonchev–Trinajstić information content (AvgIpc) is 1.65. The lowest BCUT2D eigenvalue weighted by atomic mass is 10.5. The van der Waals surface area contributed by atoms with Crippen LogP contribution in [0.5, 0.6) is 0 Å². The molecule has 0 saturated carbocycles. The molecular weight excluding hydrogens is 88.1 g/mol. The van der Waals surface area contributed by atoms with Crippen molar-refractivity contribution in [3.8, 4) is 12.3 Å². The number of hydrogen-bond acceptors (Lipinski definition) is 2. The second-order valence-electron chi connectivity index (χ2n) is 1.58. The predicted molar refractivity (Wildman–Crippen MR) is 30.5 cm³/mol. The Balaban J connectivity index is 3.40. The molecule has 0 amide bonds. The van der Waals surface area contributed by atoms with E-state index in [1.165, 1.54) is 0 Å². The highest BCUT2D eigenvalue weighted by atomic mass is 15.2. The summed E-state index contributed by atoms with van der Waals surface area (Å²) < 4.78 is 0. The normalized spacial score (nSPS) is 13.6. The number of rotatable bonds is 1. The van der Waals surface area contributed by atoms with Gasteiger partial charge in [0.2, 0.25) is 0 Å². The van der Waals surface area contributed by atoms with Gasteiger partial charge in [0.15, 0.2) is 0 Å². The van der Waals surface area contributed by atoms with Gasteiger partial charge in [0.25, 0.3) is 0 Å². The molecule has 0 aromatic heterocycles. The van der Waals surface area contributed by atoms with E-state index in [2.05, 4.69) is 5.92 Å². The molecule has 2 heteroatoms. The Morgan fingerprint density at radius 3 is 2.14 bits per heavy atom. The summed E-state index contributed by atoms with van der Waals surface area (Å²) in [5.74, 6) is 2.37. The highest BCUT2D eigenvalue weighted by Gasteiger charge is 1.94. The largest absolute Gasteiger partial charge is 0.305 e. The van der Waals surface area contributed by atoms with Crippen molar-refractivity contribution in [1.82, 2.24) is 4.90 Å². The maximum Gasteiger partial charge on any atom is 0.120 e. The van der Waals surface area contributed by atoms with E-state index in [1.54, 1.807) is 4.90 Å². The van der Waals surface area contributed by atoms with Crippen molar-refractivity contribution in [3.63, 3.8) is 0 Å². The van der Waals surface area contributed by atoms with Crippen LogP contribution in [-0.4, -0.2) is 25.2 Å². The second-order valence-corrected chi connectivity index (χ2v) is 1.58. The summed E-state index contributed by atoms with van der Waals surface area (Å²) in [6.45, 7) is 0. The smallest absolute Gasteiger partial charge is 0.120 e. The first-order valence-corrected chi connectivity index (χ1v) is 2.06. The molecule has 0 radical (unpaired) electrons. The van der Waals surface area contributed by atoms with Crippen LogP contribution >= 0.6 is 0 Å². The van der Waals surface area contributed by atoms with Crippen LogP contribution in [0.1, 0.15) is 0 Å². The third kappa shape index (κ3) is 2.21. The van der Waals surface area contributed by atoms with Crippen molar-refractivity contribution >= 4 is 0 Å². The first-order valence-electron chi connectivity index (χ1n) is 2.06. The summed E-state index contributed by atoms with van der Waals surface area (Å²) in [5.41, 5.74) is 5.31. The molecule has 2 nitrogen and oxygen atoms in total. The van der Waals surface area contributed by atoms with E-state index in [-0.39, 0.29) is 6.17 Å². The van der Waals surface area contributed by atoms with Crippen molar-refractivity contribution in [2.24, 2.45) is 5.73 Å². The van der Waals surface area contributed by atoms with Crippen LogP contribution in [0.2, 0.25) is 0 Å². The standard InChI is InChI=1S/C5H10N2/c1-4-5(6)7(2)3/h1,5H,6H2,2-3H3. The average molecular weight is 98.1 g/mol. The molecule has 7 heavy (non-hydrogen) atoms. The molecule has 0 aliphatic heterocycles. The summed E-state index contributed by atoms with van der Waals surface area (Å²) >= 11 is 0. The summed E-state index contributed by atoms with van der Waals surface area (Å²) in [7, 11) is 3.68. The van der Waals surface area contributed by atoms with Crippen molar-refractivity contribution in [3.05, 3.63) is 0 Å². The van der Waals surface area contributed by atoms with Gasteiger partial charge in [0.05, 0.1) is 0 Å². The second kappa shape index (κ2) is 2.62. The number of nitrogens with two attached hydrogens (primary N) is 1. The molecular formula is C5H10N2. The van der Waals surface area contributed by atoms with Crippen LogP contribution in [-0.2, 0) is 0 Å². The quantitative estimate of drug-likeness (QED) is 0.353. The Bertz CT molecular complexity index is 80.6. The Morgan fingerprint density at radius 2 is 2.14 bits per heavy atom. The van der Waals surface area contributed by atoms with Crippen LogP contribution in [0, 0.1) is 12.3 Å². The minimum absolute atomic E-state index is 0.236. The molecule has 0 bridgehead atoms. The molecule has 2 N–H and O–H groups in total. The van der Waals surface area contributed by atoms with Crippen molar-refractivity contribution in [2.75, 3.05) is 14.1 Å². The van der Waals surface area contributed by atoms with Crippen LogP contribution in [0.3, 0.4) is 0 Å². The zero-order chi connectivity index (χ0) is 5.86. The number of terminal acetylenes is 1. The fourth-order valence-corrected chi connectivity index (χ4v) is 0.149. The highest BCUT2D eigenvalue weighted by molar-refractivity contribution is 4.94. The van der Waals surface area contributed by atoms with E-state index in [9.17, 15) is 0 Å². The minimum Gasteiger partial charge on any atom is -0.305 e. The molecule has 40 valence electrons. The van der Waals surface area contributed by atoms with E-state index in [4.69, 9.17) is 12.2 Å².